The maximum atomic E-state index is 15.4. The summed E-state index contributed by atoms with van der Waals surface area (Å²) < 4.78 is 50.1. The van der Waals surface area contributed by atoms with Crippen molar-refractivity contribution in [3.63, 3.8) is 0 Å². The van der Waals surface area contributed by atoms with Crippen molar-refractivity contribution < 1.29 is 33.0 Å². The number of esters is 1. The largest absolute Gasteiger partial charge is 0.507 e. The maximum Gasteiger partial charge on any atom is 0.330 e. The van der Waals surface area contributed by atoms with Gasteiger partial charge in [0.25, 0.3) is 0 Å². The van der Waals surface area contributed by atoms with Crippen LogP contribution in [0, 0.1) is 11.6 Å². The lowest BCUT2D eigenvalue weighted by Crippen LogP contribution is -2.48. The van der Waals surface area contributed by atoms with Gasteiger partial charge in [0, 0.05) is 29.8 Å². The summed E-state index contributed by atoms with van der Waals surface area (Å²) in [6.45, 7) is 4.50. The number of hydrogen-bond donors (Lipinski definition) is 2. The van der Waals surface area contributed by atoms with E-state index in [0.717, 1.165) is 24.4 Å². The molecule has 0 aliphatic carbocycles. The van der Waals surface area contributed by atoms with E-state index in [1.807, 2.05) is 6.92 Å². The standard InChI is InChI=1S/C25H27F3N2O4/c1-14-7-16-11-21(31)17(12-29-33)10-18(16)24(30(14)13-25(2,3)28)23-19(26)8-15(9-20(23)27)5-6-22(32)34-4/h5-6,8-12,14,24,31,33H,7,13H2,1-4H3/b6-5+,29-12+/t14-,24+/m0/s1. The minimum absolute atomic E-state index is 0.106. The number of aromatic hydroxyl groups is 1. The second kappa shape index (κ2) is 9.89. The summed E-state index contributed by atoms with van der Waals surface area (Å²) in [4.78, 5) is 13.0. The zero-order valence-electron chi connectivity index (χ0n) is 19.3. The van der Waals surface area contributed by atoms with Crippen LogP contribution in [0.25, 0.3) is 6.08 Å². The van der Waals surface area contributed by atoms with E-state index >= 15 is 8.78 Å². The Kier molecular flexibility index (Phi) is 7.35. The van der Waals surface area contributed by atoms with Gasteiger partial charge in [-0.05, 0) is 74.2 Å². The Morgan fingerprint density at radius 2 is 1.91 bits per heavy atom. The highest BCUT2D eigenvalue weighted by Gasteiger charge is 2.39. The minimum atomic E-state index is -1.66. The van der Waals surface area contributed by atoms with Crippen LogP contribution < -0.4 is 0 Å². The van der Waals surface area contributed by atoms with E-state index in [9.17, 15) is 14.3 Å². The van der Waals surface area contributed by atoms with Crippen molar-refractivity contribution in [3.8, 4) is 5.75 Å². The molecule has 0 unspecified atom stereocenters. The number of nitrogens with zero attached hydrogens (tertiary/aromatic N) is 2. The van der Waals surface area contributed by atoms with E-state index in [-0.39, 0.29) is 35.0 Å². The van der Waals surface area contributed by atoms with Gasteiger partial charge in [0.15, 0.2) is 0 Å². The molecule has 0 saturated carbocycles. The predicted octanol–water partition coefficient (Wildman–Crippen LogP) is 4.75. The quantitative estimate of drug-likeness (QED) is 0.207. The van der Waals surface area contributed by atoms with Crippen LogP contribution in [0.5, 0.6) is 5.75 Å². The summed E-state index contributed by atoms with van der Waals surface area (Å²) in [6.07, 6.45) is 3.71. The molecule has 9 heteroatoms. The van der Waals surface area contributed by atoms with Crippen molar-refractivity contribution in [1.29, 1.82) is 0 Å². The summed E-state index contributed by atoms with van der Waals surface area (Å²) >= 11 is 0. The van der Waals surface area contributed by atoms with Gasteiger partial charge >= 0.3 is 5.97 Å². The van der Waals surface area contributed by atoms with Gasteiger partial charge < -0.3 is 15.1 Å². The summed E-state index contributed by atoms with van der Waals surface area (Å²) in [5.74, 6) is -2.57. The summed E-state index contributed by atoms with van der Waals surface area (Å²) in [5, 5.41) is 22.2. The summed E-state index contributed by atoms with van der Waals surface area (Å²) in [6, 6.07) is 3.82. The summed E-state index contributed by atoms with van der Waals surface area (Å²) in [5.41, 5.74) is -0.572. The molecule has 3 rings (SSSR count). The highest BCUT2D eigenvalue weighted by Crippen LogP contribution is 2.43. The Morgan fingerprint density at radius 1 is 1.26 bits per heavy atom. The van der Waals surface area contributed by atoms with E-state index in [4.69, 9.17) is 5.21 Å². The monoisotopic (exact) mass is 476 g/mol. The second-order valence-electron chi connectivity index (χ2n) is 8.96. The van der Waals surface area contributed by atoms with Crippen molar-refractivity contribution in [3.05, 3.63) is 69.8 Å². The van der Waals surface area contributed by atoms with Crippen molar-refractivity contribution in [2.75, 3.05) is 13.7 Å². The zero-order valence-corrected chi connectivity index (χ0v) is 19.3. The molecule has 182 valence electrons. The first kappa shape index (κ1) is 25.3. The van der Waals surface area contributed by atoms with Crippen LogP contribution in [0.2, 0.25) is 0 Å². The topological polar surface area (TPSA) is 82.4 Å². The van der Waals surface area contributed by atoms with Crippen LogP contribution in [-0.4, -0.2) is 52.8 Å². The maximum absolute atomic E-state index is 15.4. The van der Waals surface area contributed by atoms with Crippen molar-refractivity contribution in [1.82, 2.24) is 4.90 Å². The van der Waals surface area contributed by atoms with Crippen LogP contribution in [0.15, 0.2) is 35.5 Å². The van der Waals surface area contributed by atoms with Crippen molar-refractivity contribution >= 4 is 18.3 Å². The van der Waals surface area contributed by atoms with Gasteiger partial charge in [-0.2, -0.15) is 0 Å². The number of carbonyl (C=O) groups is 1. The molecule has 1 heterocycles. The number of rotatable bonds is 6. The van der Waals surface area contributed by atoms with Gasteiger partial charge in [0.2, 0.25) is 0 Å². The number of benzene rings is 2. The SMILES string of the molecule is COC(=O)/C=C/c1cc(F)c([C@H]2c3cc(/C=N/O)c(O)cc3C[C@H](C)N2CC(C)(C)F)c(F)c1. The number of halogens is 3. The van der Waals surface area contributed by atoms with Gasteiger partial charge in [0.05, 0.1) is 19.4 Å². The van der Waals surface area contributed by atoms with Gasteiger partial charge in [-0.25, -0.2) is 18.0 Å². The number of phenols is 1. The highest BCUT2D eigenvalue weighted by molar-refractivity contribution is 5.87. The molecule has 0 spiro atoms. The lowest BCUT2D eigenvalue weighted by atomic mass is 9.82. The number of oxime groups is 1. The third-order valence-electron chi connectivity index (χ3n) is 5.74. The lowest BCUT2D eigenvalue weighted by Gasteiger charge is -2.44. The molecule has 2 atom stereocenters. The fourth-order valence-electron chi connectivity index (χ4n) is 4.33. The van der Waals surface area contributed by atoms with Gasteiger partial charge in [0.1, 0.15) is 23.1 Å². The number of ether oxygens (including phenoxy) is 1. The molecule has 0 amide bonds. The number of carbonyl (C=O) groups excluding carboxylic acids is 1. The number of hydrogen-bond acceptors (Lipinski definition) is 6. The minimum Gasteiger partial charge on any atom is -0.507 e. The molecular formula is C25H27F3N2O4. The molecule has 0 radical (unpaired) electrons. The van der Waals surface area contributed by atoms with Gasteiger partial charge in [-0.3, -0.25) is 4.90 Å². The average molecular weight is 476 g/mol. The molecule has 0 fully saturated rings. The van der Waals surface area contributed by atoms with Crippen LogP contribution in [0.3, 0.4) is 0 Å². The number of phenolic OH excluding ortho intramolecular Hbond substituents is 1. The van der Waals surface area contributed by atoms with E-state index in [2.05, 4.69) is 9.89 Å². The third kappa shape index (κ3) is 5.41. The number of methoxy groups -OCH3 is 1. The number of fused-ring (bicyclic) bond motifs is 1. The fraction of sp³-hybridized carbons (Fsp3) is 0.360. The zero-order chi connectivity index (χ0) is 25.2. The van der Waals surface area contributed by atoms with Gasteiger partial charge in [-0.1, -0.05) is 5.16 Å². The average Bonchev–Trinajstić information content (AvgIpc) is 2.74. The summed E-state index contributed by atoms with van der Waals surface area (Å²) in [7, 11) is 1.19. The van der Waals surface area contributed by atoms with Crippen molar-refractivity contribution in [2.45, 2.75) is 44.9 Å². The predicted molar refractivity (Wildman–Crippen MR) is 122 cm³/mol. The van der Waals surface area contributed by atoms with E-state index in [1.165, 1.54) is 39.2 Å². The molecule has 1 aliphatic rings. The second-order valence-corrected chi connectivity index (χ2v) is 8.96. The first-order chi connectivity index (χ1) is 15.9. The molecule has 0 bridgehead atoms. The van der Waals surface area contributed by atoms with Crippen LogP contribution in [0.1, 0.15) is 54.6 Å². The molecule has 2 aromatic carbocycles. The Balaban J connectivity index is 2.22. The van der Waals surface area contributed by atoms with Crippen LogP contribution in [0.4, 0.5) is 13.2 Å². The Hall–Kier alpha value is -3.33. The Bertz CT molecular complexity index is 1120. The fourth-order valence-corrected chi connectivity index (χ4v) is 4.33. The van der Waals surface area contributed by atoms with E-state index in [0.29, 0.717) is 17.5 Å². The van der Waals surface area contributed by atoms with Crippen molar-refractivity contribution in [2.24, 2.45) is 5.16 Å². The lowest BCUT2D eigenvalue weighted by molar-refractivity contribution is -0.134. The van der Waals surface area contributed by atoms with Gasteiger partial charge in [-0.15, -0.1) is 0 Å². The Morgan fingerprint density at radius 3 is 2.47 bits per heavy atom. The molecule has 0 saturated heterocycles. The Labute approximate surface area is 196 Å². The van der Waals surface area contributed by atoms with E-state index in [1.54, 1.807) is 4.90 Å². The molecular weight excluding hydrogens is 449 g/mol. The molecule has 6 nitrogen and oxygen atoms in total. The molecule has 34 heavy (non-hydrogen) atoms. The smallest absolute Gasteiger partial charge is 0.330 e. The third-order valence-corrected chi connectivity index (χ3v) is 5.74. The molecule has 0 aromatic heterocycles. The highest BCUT2D eigenvalue weighted by atomic mass is 19.1. The first-order valence-corrected chi connectivity index (χ1v) is 10.7. The number of alkyl halides is 1. The normalized spacial score (nSPS) is 19.0. The molecule has 2 N–H and O–H groups in total. The molecule has 1 aliphatic heterocycles. The first-order valence-electron chi connectivity index (χ1n) is 10.7. The van der Waals surface area contributed by atoms with Crippen LogP contribution >= 0.6 is 0 Å². The molecule has 2 aromatic rings. The van der Waals surface area contributed by atoms with E-state index < -0.39 is 29.3 Å². The van der Waals surface area contributed by atoms with Crippen LogP contribution in [-0.2, 0) is 16.0 Å².